The SMILES string of the molecule is CCCC/C=C\CCCCCCC(=O)OCC(COC(=O)CCCCCCCCCCCCCCCCCCCC)OC(=O)CC/C=C\C/C=C\CCCCCCCC. The largest absolute Gasteiger partial charge is 0.462 e. The summed E-state index contributed by atoms with van der Waals surface area (Å²) in [6.07, 6.45) is 55.8. The van der Waals surface area contributed by atoms with Gasteiger partial charge in [-0.2, -0.15) is 0 Å². The fraction of sp³-hybridized carbons (Fsp3) is 0.830. The zero-order valence-electron chi connectivity index (χ0n) is 39.3. The minimum absolute atomic E-state index is 0.0953. The van der Waals surface area contributed by atoms with E-state index in [4.69, 9.17) is 14.2 Å². The van der Waals surface area contributed by atoms with Crippen LogP contribution in [-0.4, -0.2) is 37.2 Å². The highest BCUT2D eigenvalue weighted by molar-refractivity contribution is 5.71. The lowest BCUT2D eigenvalue weighted by Gasteiger charge is -2.18. The summed E-state index contributed by atoms with van der Waals surface area (Å²) in [5.41, 5.74) is 0. The van der Waals surface area contributed by atoms with Crippen LogP contribution >= 0.6 is 0 Å². The quantitative estimate of drug-likeness (QED) is 0.0263. The molecule has 6 heteroatoms. The van der Waals surface area contributed by atoms with E-state index in [-0.39, 0.29) is 37.5 Å². The van der Waals surface area contributed by atoms with Crippen molar-refractivity contribution in [3.05, 3.63) is 36.5 Å². The van der Waals surface area contributed by atoms with Gasteiger partial charge in [0.05, 0.1) is 0 Å². The summed E-state index contributed by atoms with van der Waals surface area (Å²) >= 11 is 0. The average molecular weight is 829 g/mol. The Bertz CT molecular complexity index is 1000. The lowest BCUT2D eigenvalue weighted by molar-refractivity contribution is -0.166. The van der Waals surface area contributed by atoms with E-state index in [1.165, 1.54) is 148 Å². The summed E-state index contributed by atoms with van der Waals surface area (Å²) in [6.45, 7) is 6.54. The topological polar surface area (TPSA) is 78.9 Å². The summed E-state index contributed by atoms with van der Waals surface area (Å²) in [4.78, 5) is 37.8. The first kappa shape index (κ1) is 56.6. The van der Waals surface area contributed by atoms with Gasteiger partial charge in [0.25, 0.3) is 0 Å². The number of carbonyl (C=O) groups excluding carboxylic acids is 3. The molecule has 0 radical (unpaired) electrons. The van der Waals surface area contributed by atoms with E-state index in [0.717, 1.165) is 70.6 Å². The van der Waals surface area contributed by atoms with Crippen molar-refractivity contribution in [1.82, 2.24) is 0 Å². The van der Waals surface area contributed by atoms with E-state index in [1.54, 1.807) is 0 Å². The smallest absolute Gasteiger partial charge is 0.306 e. The molecule has 0 aromatic heterocycles. The van der Waals surface area contributed by atoms with E-state index >= 15 is 0 Å². The highest BCUT2D eigenvalue weighted by Crippen LogP contribution is 2.16. The molecular formula is C53H96O6. The minimum Gasteiger partial charge on any atom is -0.462 e. The van der Waals surface area contributed by atoms with Crippen molar-refractivity contribution in [2.45, 2.75) is 271 Å². The van der Waals surface area contributed by atoms with E-state index < -0.39 is 6.10 Å². The summed E-state index contributed by atoms with van der Waals surface area (Å²) in [5, 5.41) is 0. The fourth-order valence-electron chi connectivity index (χ4n) is 7.24. The Morgan fingerprint density at radius 2 is 0.661 bits per heavy atom. The van der Waals surface area contributed by atoms with Crippen molar-refractivity contribution in [1.29, 1.82) is 0 Å². The van der Waals surface area contributed by atoms with Gasteiger partial charge in [-0.15, -0.1) is 0 Å². The molecule has 0 aliphatic heterocycles. The Labute approximate surface area is 365 Å². The molecular weight excluding hydrogens is 733 g/mol. The van der Waals surface area contributed by atoms with E-state index in [2.05, 4.69) is 51.2 Å². The molecule has 0 saturated carbocycles. The Morgan fingerprint density at radius 3 is 1.07 bits per heavy atom. The normalized spacial score (nSPS) is 12.3. The molecule has 0 fully saturated rings. The van der Waals surface area contributed by atoms with E-state index in [1.807, 2.05) is 6.08 Å². The maximum absolute atomic E-state index is 12.7. The lowest BCUT2D eigenvalue weighted by Crippen LogP contribution is -2.30. The number of carbonyl (C=O) groups is 3. The van der Waals surface area contributed by atoms with Crippen molar-refractivity contribution in [2.75, 3.05) is 13.2 Å². The van der Waals surface area contributed by atoms with Gasteiger partial charge >= 0.3 is 17.9 Å². The number of hydrogen-bond acceptors (Lipinski definition) is 6. The second-order valence-electron chi connectivity index (χ2n) is 17.1. The predicted octanol–water partition coefficient (Wildman–Crippen LogP) is 16.5. The third-order valence-corrected chi connectivity index (χ3v) is 11.1. The maximum Gasteiger partial charge on any atom is 0.306 e. The molecule has 344 valence electrons. The fourth-order valence-corrected chi connectivity index (χ4v) is 7.24. The van der Waals surface area contributed by atoms with Crippen LogP contribution in [0.2, 0.25) is 0 Å². The molecule has 0 saturated heterocycles. The van der Waals surface area contributed by atoms with Gasteiger partial charge in [0, 0.05) is 19.3 Å². The predicted molar refractivity (Wildman–Crippen MR) is 252 cm³/mol. The van der Waals surface area contributed by atoms with Gasteiger partial charge < -0.3 is 14.2 Å². The molecule has 6 nitrogen and oxygen atoms in total. The maximum atomic E-state index is 12.7. The molecule has 0 aliphatic carbocycles. The first-order chi connectivity index (χ1) is 29.0. The van der Waals surface area contributed by atoms with Gasteiger partial charge in [-0.1, -0.05) is 224 Å². The molecule has 1 unspecified atom stereocenters. The minimum atomic E-state index is -0.802. The van der Waals surface area contributed by atoms with Crippen LogP contribution in [-0.2, 0) is 28.6 Å². The molecule has 0 aliphatic rings. The van der Waals surface area contributed by atoms with Crippen LogP contribution in [0.1, 0.15) is 265 Å². The van der Waals surface area contributed by atoms with Crippen LogP contribution in [0, 0.1) is 0 Å². The monoisotopic (exact) mass is 829 g/mol. The second-order valence-corrected chi connectivity index (χ2v) is 17.1. The van der Waals surface area contributed by atoms with Gasteiger partial charge in [-0.05, 0) is 57.8 Å². The summed E-state index contributed by atoms with van der Waals surface area (Å²) in [7, 11) is 0. The third-order valence-electron chi connectivity index (χ3n) is 11.1. The molecule has 0 bridgehead atoms. The summed E-state index contributed by atoms with van der Waals surface area (Å²) in [6, 6.07) is 0. The highest BCUT2D eigenvalue weighted by atomic mass is 16.6. The molecule has 0 aromatic carbocycles. The Morgan fingerprint density at radius 1 is 0.339 bits per heavy atom. The highest BCUT2D eigenvalue weighted by Gasteiger charge is 2.19. The molecule has 0 amide bonds. The zero-order chi connectivity index (χ0) is 43.0. The van der Waals surface area contributed by atoms with Crippen LogP contribution in [0.15, 0.2) is 36.5 Å². The second kappa shape index (κ2) is 48.3. The summed E-state index contributed by atoms with van der Waals surface area (Å²) < 4.78 is 16.7. The first-order valence-electron chi connectivity index (χ1n) is 25.5. The van der Waals surface area contributed by atoms with Crippen LogP contribution in [0.3, 0.4) is 0 Å². The standard InChI is InChI=1S/C53H96O6/c1-4-7-10-13-16-19-22-24-25-26-27-28-30-31-34-37-40-43-46-52(55)58-49-50(48-57-51(54)45-42-39-36-33-21-18-15-12-9-6-3)59-53(56)47-44-41-38-35-32-29-23-20-17-14-11-8-5-2/h15,18,29,32,38,41,50H,4-14,16-17,19-28,30-31,33-37,39-40,42-49H2,1-3H3/b18-15-,32-29-,41-38-. The zero-order valence-corrected chi connectivity index (χ0v) is 39.3. The van der Waals surface area contributed by atoms with Crippen LogP contribution in [0.4, 0.5) is 0 Å². The van der Waals surface area contributed by atoms with Gasteiger partial charge in [-0.25, -0.2) is 0 Å². The Balaban J connectivity index is 4.34. The number of unbranched alkanes of at least 4 members (excludes halogenated alkanes) is 29. The number of hydrogen-bond donors (Lipinski definition) is 0. The van der Waals surface area contributed by atoms with Crippen molar-refractivity contribution in [2.24, 2.45) is 0 Å². The van der Waals surface area contributed by atoms with E-state index in [9.17, 15) is 14.4 Å². The van der Waals surface area contributed by atoms with Crippen molar-refractivity contribution in [3.8, 4) is 0 Å². The molecule has 0 heterocycles. The lowest BCUT2D eigenvalue weighted by atomic mass is 10.0. The Kier molecular flexibility index (Phi) is 46.4. The molecule has 0 N–H and O–H groups in total. The van der Waals surface area contributed by atoms with E-state index in [0.29, 0.717) is 19.3 Å². The third kappa shape index (κ3) is 46.5. The number of rotatable bonds is 46. The number of ether oxygens (including phenoxy) is 3. The molecule has 59 heavy (non-hydrogen) atoms. The first-order valence-corrected chi connectivity index (χ1v) is 25.5. The Hall–Kier alpha value is -2.37. The molecule has 0 spiro atoms. The number of esters is 3. The van der Waals surface area contributed by atoms with Crippen molar-refractivity contribution in [3.63, 3.8) is 0 Å². The van der Waals surface area contributed by atoms with Crippen LogP contribution in [0.25, 0.3) is 0 Å². The van der Waals surface area contributed by atoms with Gasteiger partial charge in [0.1, 0.15) is 13.2 Å². The van der Waals surface area contributed by atoms with Crippen molar-refractivity contribution < 1.29 is 28.6 Å². The average Bonchev–Trinajstić information content (AvgIpc) is 3.23. The molecule has 0 rings (SSSR count). The van der Waals surface area contributed by atoms with Crippen molar-refractivity contribution >= 4 is 17.9 Å². The summed E-state index contributed by atoms with van der Waals surface area (Å²) in [5.74, 6) is -0.970. The number of allylic oxidation sites excluding steroid dienone is 6. The van der Waals surface area contributed by atoms with Crippen LogP contribution < -0.4 is 0 Å². The van der Waals surface area contributed by atoms with Gasteiger partial charge in [-0.3, -0.25) is 14.4 Å². The molecule has 1 atom stereocenters. The van der Waals surface area contributed by atoms with Gasteiger partial charge in [0.15, 0.2) is 6.10 Å². The molecule has 0 aromatic rings. The van der Waals surface area contributed by atoms with Gasteiger partial charge in [0.2, 0.25) is 0 Å². The van der Waals surface area contributed by atoms with Crippen LogP contribution in [0.5, 0.6) is 0 Å².